The zero-order valence-electron chi connectivity index (χ0n) is 9.23. The largest absolute Gasteiger partial charge is 0.376 e. The molecule has 0 unspecified atom stereocenters. The lowest BCUT2D eigenvalue weighted by Gasteiger charge is -2.24. The zero-order valence-corrected chi connectivity index (χ0v) is 9.23. The molecule has 2 rings (SSSR count). The summed E-state index contributed by atoms with van der Waals surface area (Å²) in [5, 5.41) is 0. The number of rotatable bonds is 2. The smallest absolute Gasteiger partial charge is 0.153 e. The Hall–Kier alpha value is -1.51. The molecule has 0 aromatic heterocycles. The van der Waals surface area contributed by atoms with Gasteiger partial charge in [-0.15, -0.1) is 0 Å². The van der Waals surface area contributed by atoms with Crippen molar-refractivity contribution in [1.82, 2.24) is 0 Å². The van der Waals surface area contributed by atoms with E-state index in [-0.39, 0.29) is 0 Å². The van der Waals surface area contributed by atoms with Crippen LogP contribution in [0.2, 0.25) is 0 Å². The molecule has 1 aromatic carbocycles. The number of anilines is 2. The van der Waals surface area contributed by atoms with Crippen molar-refractivity contribution in [3.05, 3.63) is 24.3 Å². The average molecular weight is 204 g/mol. The monoisotopic (exact) mass is 204 g/mol. The lowest BCUT2D eigenvalue weighted by Crippen LogP contribution is -2.22. The van der Waals surface area contributed by atoms with Crippen LogP contribution < -0.4 is 9.80 Å². The van der Waals surface area contributed by atoms with Crippen molar-refractivity contribution in [2.24, 2.45) is 0 Å². The van der Waals surface area contributed by atoms with Gasteiger partial charge in [0.1, 0.15) is 0 Å². The van der Waals surface area contributed by atoms with E-state index in [1.807, 2.05) is 26.2 Å². The van der Waals surface area contributed by atoms with Crippen molar-refractivity contribution < 1.29 is 4.79 Å². The van der Waals surface area contributed by atoms with E-state index in [0.717, 1.165) is 12.2 Å². The van der Waals surface area contributed by atoms with Crippen LogP contribution in [-0.2, 0) is 4.79 Å². The van der Waals surface area contributed by atoms with Gasteiger partial charge in [-0.2, -0.15) is 0 Å². The van der Waals surface area contributed by atoms with Gasteiger partial charge in [0.15, 0.2) is 5.78 Å². The van der Waals surface area contributed by atoms with Crippen LogP contribution in [0.25, 0.3) is 0 Å². The molecule has 0 radical (unpaired) electrons. The van der Waals surface area contributed by atoms with Gasteiger partial charge >= 0.3 is 0 Å². The number of hydrogen-bond donors (Lipinski definition) is 0. The second kappa shape index (κ2) is 3.93. The summed E-state index contributed by atoms with van der Waals surface area (Å²) in [6, 6.07) is 8.20. The highest BCUT2D eigenvalue weighted by atomic mass is 16.1. The number of benzene rings is 1. The maximum atomic E-state index is 11.3. The Labute approximate surface area is 90.3 Å². The lowest BCUT2D eigenvalue weighted by atomic mass is 10.2. The number of carbonyl (C=O) groups is 1. The fraction of sp³-hybridized carbons (Fsp3) is 0.417. The lowest BCUT2D eigenvalue weighted by molar-refractivity contribution is -0.116. The molecule has 15 heavy (non-hydrogen) atoms. The van der Waals surface area contributed by atoms with Crippen LogP contribution >= 0.6 is 0 Å². The van der Waals surface area contributed by atoms with Crippen LogP contribution in [0.4, 0.5) is 11.4 Å². The van der Waals surface area contributed by atoms with Crippen LogP contribution in [0.5, 0.6) is 0 Å². The van der Waals surface area contributed by atoms with E-state index in [0.29, 0.717) is 18.7 Å². The molecule has 0 N–H and O–H groups in total. The summed E-state index contributed by atoms with van der Waals surface area (Å²) in [6.45, 7) is 1.41. The predicted molar refractivity (Wildman–Crippen MR) is 62.6 cm³/mol. The number of Topliss-reactive ketones (excluding diaryl/α,β-unsaturated/α-hetero) is 1. The third-order valence-electron chi connectivity index (χ3n) is 2.73. The van der Waals surface area contributed by atoms with E-state index in [4.69, 9.17) is 0 Å². The van der Waals surface area contributed by atoms with Crippen molar-refractivity contribution in [3.63, 3.8) is 0 Å². The fourth-order valence-corrected chi connectivity index (χ4v) is 1.95. The molecule has 80 valence electrons. The SMILES string of the molecule is CN(C)c1ccccc1N1CCC(=O)C1. The first-order valence-electron chi connectivity index (χ1n) is 5.21. The Balaban J connectivity index is 2.31. The third-order valence-corrected chi connectivity index (χ3v) is 2.73. The summed E-state index contributed by atoms with van der Waals surface area (Å²) in [6.07, 6.45) is 0.682. The van der Waals surface area contributed by atoms with Gasteiger partial charge in [-0.25, -0.2) is 0 Å². The molecule has 0 aliphatic carbocycles. The van der Waals surface area contributed by atoms with E-state index in [1.165, 1.54) is 5.69 Å². The summed E-state index contributed by atoms with van der Waals surface area (Å²) in [7, 11) is 4.05. The second-order valence-electron chi connectivity index (χ2n) is 4.09. The standard InChI is InChI=1S/C12H16N2O/c1-13(2)11-5-3-4-6-12(11)14-8-7-10(15)9-14/h3-6H,7-9H2,1-2H3. The van der Waals surface area contributed by atoms with Crippen molar-refractivity contribution in [3.8, 4) is 0 Å². The van der Waals surface area contributed by atoms with E-state index >= 15 is 0 Å². The third kappa shape index (κ3) is 1.96. The molecular weight excluding hydrogens is 188 g/mol. The van der Waals surface area contributed by atoms with Gasteiger partial charge in [0, 0.05) is 27.1 Å². The fourth-order valence-electron chi connectivity index (χ4n) is 1.95. The van der Waals surface area contributed by atoms with Crippen molar-refractivity contribution in [2.45, 2.75) is 6.42 Å². The molecule has 0 spiro atoms. The van der Waals surface area contributed by atoms with E-state index in [1.54, 1.807) is 0 Å². The summed E-state index contributed by atoms with van der Waals surface area (Å²) in [4.78, 5) is 15.5. The van der Waals surface area contributed by atoms with Gasteiger partial charge in [0.2, 0.25) is 0 Å². The van der Waals surface area contributed by atoms with Crippen molar-refractivity contribution in [2.75, 3.05) is 37.0 Å². The maximum Gasteiger partial charge on any atom is 0.153 e. The quantitative estimate of drug-likeness (QED) is 0.730. The molecule has 3 nitrogen and oxygen atoms in total. The van der Waals surface area contributed by atoms with E-state index in [2.05, 4.69) is 21.9 Å². The molecule has 3 heteroatoms. The van der Waals surface area contributed by atoms with Gasteiger partial charge < -0.3 is 9.80 Å². The minimum Gasteiger partial charge on any atom is -0.376 e. The molecular formula is C12H16N2O. The van der Waals surface area contributed by atoms with E-state index in [9.17, 15) is 4.79 Å². The minimum atomic E-state index is 0.337. The highest BCUT2D eigenvalue weighted by Crippen LogP contribution is 2.29. The first kappa shape index (κ1) is 10.0. The Morgan fingerprint density at radius 1 is 1.27 bits per heavy atom. The molecule has 1 heterocycles. The average Bonchev–Trinajstić information content (AvgIpc) is 2.65. The molecule has 1 saturated heterocycles. The topological polar surface area (TPSA) is 23.6 Å². The first-order chi connectivity index (χ1) is 7.18. The predicted octanol–water partition coefficient (Wildman–Crippen LogP) is 1.53. The van der Waals surface area contributed by atoms with Gasteiger partial charge in [0.05, 0.1) is 17.9 Å². The summed E-state index contributed by atoms with van der Waals surface area (Å²) in [5.41, 5.74) is 2.33. The Bertz CT molecular complexity index is 374. The molecule has 1 aliphatic rings. The Morgan fingerprint density at radius 2 is 2.00 bits per heavy atom. The van der Waals surface area contributed by atoms with Crippen LogP contribution in [0.3, 0.4) is 0 Å². The molecule has 1 aliphatic heterocycles. The van der Waals surface area contributed by atoms with Crippen LogP contribution in [-0.4, -0.2) is 33.0 Å². The maximum absolute atomic E-state index is 11.3. The minimum absolute atomic E-state index is 0.337. The van der Waals surface area contributed by atoms with Crippen LogP contribution in [0, 0.1) is 0 Å². The van der Waals surface area contributed by atoms with Gasteiger partial charge in [-0.05, 0) is 12.1 Å². The summed E-state index contributed by atoms with van der Waals surface area (Å²) < 4.78 is 0. The second-order valence-corrected chi connectivity index (χ2v) is 4.09. The number of ketones is 1. The Morgan fingerprint density at radius 3 is 2.60 bits per heavy atom. The number of hydrogen-bond acceptors (Lipinski definition) is 3. The molecule has 0 atom stereocenters. The van der Waals surface area contributed by atoms with Crippen LogP contribution in [0.1, 0.15) is 6.42 Å². The molecule has 0 bridgehead atoms. The summed E-state index contributed by atoms with van der Waals surface area (Å²) in [5.74, 6) is 0.337. The molecule has 1 aromatic rings. The summed E-state index contributed by atoms with van der Waals surface area (Å²) >= 11 is 0. The van der Waals surface area contributed by atoms with Crippen LogP contribution in [0.15, 0.2) is 24.3 Å². The van der Waals surface area contributed by atoms with Gasteiger partial charge in [0.25, 0.3) is 0 Å². The number of carbonyl (C=O) groups excluding carboxylic acids is 1. The zero-order chi connectivity index (χ0) is 10.8. The first-order valence-corrected chi connectivity index (χ1v) is 5.21. The van der Waals surface area contributed by atoms with E-state index < -0.39 is 0 Å². The van der Waals surface area contributed by atoms with Gasteiger partial charge in [-0.3, -0.25) is 4.79 Å². The molecule has 0 saturated carbocycles. The Kier molecular flexibility index (Phi) is 2.62. The molecule has 0 amide bonds. The highest BCUT2D eigenvalue weighted by Gasteiger charge is 2.21. The highest BCUT2D eigenvalue weighted by molar-refractivity contribution is 5.89. The normalized spacial score (nSPS) is 15.9. The van der Waals surface area contributed by atoms with Crippen molar-refractivity contribution >= 4 is 17.2 Å². The number of nitrogens with zero attached hydrogens (tertiary/aromatic N) is 2. The van der Waals surface area contributed by atoms with Crippen molar-refractivity contribution in [1.29, 1.82) is 0 Å². The molecule has 1 fully saturated rings. The number of para-hydroxylation sites is 2. The van der Waals surface area contributed by atoms with Gasteiger partial charge in [-0.1, -0.05) is 12.1 Å².